The van der Waals surface area contributed by atoms with E-state index in [1.165, 1.54) is 11.1 Å². The highest BCUT2D eigenvalue weighted by molar-refractivity contribution is 7.14. The maximum atomic E-state index is 12.3. The van der Waals surface area contributed by atoms with E-state index in [0.29, 0.717) is 6.04 Å². The van der Waals surface area contributed by atoms with E-state index in [9.17, 15) is 4.79 Å². The third-order valence-corrected chi connectivity index (χ3v) is 5.66. The predicted octanol–water partition coefficient (Wildman–Crippen LogP) is 3.41. The zero-order chi connectivity index (χ0) is 15.6. The maximum absolute atomic E-state index is 12.3. The molecule has 2 amide bonds. The summed E-state index contributed by atoms with van der Waals surface area (Å²) < 4.78 is 0. The van der Waals surface area contributed by atoms with Crippen LogP contribution in [0.5, 0.6) is 0 Å². The van der Waals surface area contributed by atoms with E-state index in [0.717, 1.165) is 44.0 Å². The Hall–Kier alpha value is -1.85. The van der Waals surface area contributed by atoms with E-state index >= 15 is 0 Å². The summed E-state index contributed by atoms with van der Waals surface area (Å²) in [5.41, 5.74) is 2.93. The first-order valence-electron chi connectivity index (χ1n) is 8.20. The van der Waals surface area contributed by atoms with E-state index in [4.69, 9.17) is 0 Å². The lowest BCUT2D eigenvalue weighted by Crippen LogP contribution is -2.42. The number of carbonyl (C=O) groups is 1. The highest BCUT2D eigenvalue weighted by Crippen LogP contribution is 2.25. The van der Waals surface area contributed by atoms with Crippen LogP contribution in [-0.2, 0) is 13.0 Å². The monoisotopic (exact) mass is 327 g/mol. The molecule has 1 N–H and O–H groups in total. The Morgan fingerprint density at radius 1 is 1.13 bits per heavy atom. The van der Waals surface area contributed by atoms with Gasteiger partial charge < -0.3 is 4.90 Å². The van der Waals surface area contributed by atoms with Gasteiger partial charge >= 0.3 is 6.03 Å². The van der Waals surface area contributed by atoms with Crippen molar-refractivity contribution in [2.75, 3.05) is 25.0 Å². The van der Waals surface area contributed by atoms with Crippen molar-refractivity contribution in [2.45, 2.75) is 25.4 Å². The number of nitrogens with one attached hydrogen (secondary N) is 1. The SMILES string of the molecule is O=C(Nc1cccs1)N1CCC(N2CCc3ccccc3C2)C1. The molecule has 0 bridgehead atoms. The van der Waals surface area contributed by atoms with Crippen LogP contribution in [-0.4, -0.2) is 41.5 Å². The van der Waals surface area contributed by atoms with Crippen molar-refractivity contribution in [3.63, 3.8) is 0 Å². The van der Waals surface area contributed by atoms with Crippen molar-refractivity contribution in [1.29, 1.82) is 0 Å². The fourth-order valence-electron chi connectivity index (χ4n) is 3.59. The van der Waals surface area contributed by atoms with Crippen molar-refractivity contribution in [2.24, 2.45) is 0 Å². The third-order valence-electron chi connectivity index (χ3n) is 4.88. The minimum absolute atomic E-state index is 0.0346. The summed E-state index contributed by atoms with van der Waals surface area (Å²) in [6.45, 7) is 3.79. The van der Waals surface area contributed by atoms with Crippen molar-refractivity contribution >= 4 is 22.4 Å². The van der Waals surface area contributed by atoms with Crippen molar-refractivity contribution in [3.8, 4) is 0 Å². The second kappa shape index (κ2) is 6.34. The summed E-state index contributed by atoms with van der Waals surface area (Å²) in [4.78, 5) is 16.8. The van der Waals surface area contributed by atoms with Gasteiger partial charge in [0.25, 0.3) is 0 Å². The van der Waals surface area contributed by atoms with Gasteiger partial charge in [0, 0.05) is 32.2 Å². The van der Waals surface area contributed by atoms with Crippen LogP contribution in [0.1, 0.15) is 17.5 Å². The van der Waals surface area contributed by atoms with Crippen molar-refractivity contribution in [3.05, 3.63) is 52.9 Å². The van der Waals surface area contributed by atoms with Gasteiger partial charge in [-0.15, -0.1) is 11.3 Å². The highest BCUT2D eigenvalue weighted by Gasteiger charge is 2.32. The lowest BCUT2D eigenvalue weighted by molar-refractivity contribution is 0.177. The van der Waals surface area contributed by atoms with Crippen LogP contribution in [0.4, 0.5) is 9.80 Å². The Morgan fingerprint density at radius 2 is 2.00 bits per heavy atom. The number of anilines is 1. The number of fused-ring (bicyclic) bond motifs is 1. The molecule has 2 aliphatic rings. The Balaban J connectivity index is 1.36. The standard InChI is InChI=1S/C18H21N3OS/c22-18(19-17-6-3-11-23-17)21-10-8-16(13-21)20-9-7-14-4-1-2-5-15(14)12-20/h1-6,11,16H,7-10,12-13H2,(H,19,22). The highest BCUT2D eigenvalue weighted by atomic mass is 32.1. The Morgan fingerprint density at radius 3 is 2.83 bits per heavy atom. The molecule has 3 heterocycles. The molecule has 1 fully saturated rings. The molecule has 2 aromatic rings. The maximum Gasteiger partial charge on any atom is 0.322 e. The molecule has 0 saturated carbocycles. The van der Waals surface area contributed by atoms with Crippen LogP contribution < -0.4 is 5.32 Å². The van der Waals surface area contributed by atoms with E-state index in [1.54, 1.807) is 11.3 Å². The van der Waals surface area contributed by atoms with Gasteiger partial charge in [0.05, 0.1) is 5.00 Å². The molecule has 0 spiro atoms. The Kier molecular flexibility index (Phi) is 4.06. The number of likely N-dealkylation sites (tertiary alicyclic amines) is 1. The number of rotatable bonds is 2. The number of carbonyl (C=O) groups excluding carboxylic acids is 1. The van der Waals surface area contributed by atoms with E-state index in [-0.39, 0.29) is 6.03 Å². The van der Waals surface area contributed by atoms with E-state index in [2.05, 4.69) is 34.5 Å². The second-order valence-electron chi connectivity index (χ2n) is 6.29. The van der Waals surface area contributed by atoms with Gasteiger partial charge in [-0.1, -0.05) is 24.3 Å². The van der Waals surface area contributed by atoms with Gasteiger partial charge in [-0.2, -0.15) is 0 Å². The van der Waals surface area contributed by atoms with Gasteiger partial charge in [-0.3, -0.25) is 10.2 Å². The lowest BCUT2D eigenvalue weighted by Gasteiger charge is -2.33. The fourth-order valence-corrected chi connectivity index (χ4v) is 4.19. The molecule has 5 heteroatoms. The smallest absolute Gasteiger partial charge is 0.322 e. The van der Waals surface area contributed by atoms with Crippen molar-refractivity contribution in [1.82, 2.24) is 9.80 Å². The first kappa shape index (κ1) is 14.7. The van der Waals surface area contributed by atoms with Gasteiger partial charge in [0.2, 0.25) is 0 Å². The average Bonchev–Trinajstić information content (AvgIpc) is 3.26. The summed E-state index contributed by atoms with van der Waals surface area (Å²) in [7, 11) is 0. The Labute approximate surface area is 140 Å². The molecule has 4 rings (SSSR count). The molecule has 120 valence electrons. The summed E-state index contributed by atoms with van der Waals surface area (Å²) in [6, 6.07) is 13.1. The molecule has 1 unspecified atom stereocenters. The van der Waals surface area contributed by atoms with Crippen LogP contribution in [0.3, 0.4) is 0 Å². The van der Waals surface area contributed by atoms with Gasteiger partial charge in [-0.05, 0) is 41.5 Å². The molecule has 1 saturated heterocycles. The minimum atomic E-state index is 0.0346. The molecule has 2 aliphatic heterocycles. The van der Waals surface area contributed by atoms with Crippen LogP contribution in [0.25, 0.3) is 0 Å². The third kappa shape index (κ3) is 3.12. The number of hydrogen-bond acceptors (Lipinski definition) is 3. The van der Waals surface area contributed by atoms with Crippen LogP contribution >= 0.6 is 11.3 Å². The summed E-state index contributed by atoms with van der Waals surface area (Å²) in [6.07, 6.45) is 2.19. The number of urea groups is 1. The number of nitrogens with zero attached hydrogens (tertiary/aromatic N) is 2. The molecule has 4 nitrogen and oxygen atoms in total. The number of hydrogen-bond donors (Lipinski definition) is 1. The van der Waals surface area contributed by atoms with E-state index < -0.39 is 0 Å². The first-order chi connectivity index (χ1) is 11.3. The topological polar surface area (TPSA) is 35.6 Å². The zero-order valence-electron chi connectivity index (χ0n) is 13.1. The summed E-state index contributed by atoms with van der Waals surface area (Å²) >= 11 is 1.56. The molecule has 23 heavy (non-hydrogen) atoms. The minimum Gasteiger partial charge on any atom is -0.323 e. The summed E-state index contributed by atoms with van der Waals surface area (Å²) in [5, 5.41) is 5.89. The molecule has 0 aliphatic carbocycles. The molecule has 0 radical (unpaired) electrons. The molecular weight excluding hydrogens is 306 g/mol. The largest absolute Gasteiger partial charge is 0.323 e. The van der Waals surface area contributed by atoms with Crippen LogP contribution in [0, 0.1) is 0 Å². The van der Waals surface area contributed by atoms with Gasteiger partial charge in [-0.25, -0.2) is 4.79 Å². The normalized spacial score (nSPS) is 21.2. The van der Waals surface area contributed by atoms with E-state index in [1.807, 2.05) is 22.4 Å². The van der Waals surface area contributed by atoms with Crippen molar-refractivity contribution < 1.29 is 4.79 Å². The fraction of sp³-hybridized carbons (Fsp3) is 0.389. The lowest BCUT2D eigenvalue weighted by atomic mass is 9.98. The molecule has 1 atom stereocenters. The van der Waals surface area contributed by atoms with Crippen LogP contribution in [0.2, 0.25) is 0 Å². The number of amides is 2. The number of benzene rings is 1. The predicted molar refractivity (Wildman–Crippen MR) is 93.9 cm³/mol. The number of thiophene rings is 1. The molecular formula is C18H21N3OS. The second-order valence-corrected chi connectivity index (χ2v) is 7.23. The summed E-state index contributed by atoms with van der Waals surface area (Å²) in [5.74, 6) is 0. The quantitative estimate of drug-likeness (QED) is 0.917. The van der Waals surface area contributed by atoms with Crippen LogP contribution in [0.15, 0.2) is 41.8 Å². The van der Waals surface area contributed by atoms with Gasteiger partial charge in [0.1, 0.15) is 0 Å². The Bertz CT molecular complexity index is 685. The van der Waals surface area contributed by atoms with Gasteiger partial charge in [0.15, 0.2) is 0 Å². The molecule has 1 aromatic heterocycles. The first-order valence-corrected chi connectivity index (χ1v) is 9.08. The zero-order valence-corrected chi connectivity index (χ0v) is 13.9. The molecule has 1 aromatic carbocycles. The average molecular weight is 327 g/mol.